The molecule has 0 bridgehead atoms. The van der Waals surface area contributed by atoms with E-state index in [1.807, 2.05) is 24.3 Å². The van der Waals surface area contributed by atoms with Gasteiger partial charge in [-0.05, 0) is 36.9 Å². The number of para-hydroxylation sites is 1. The molecule has 2 aromatic carbocycles. The van der Waals surface area contributed by atoms with Gasteiger partial charge in [0.25, 0.3) is 0 Å². The molecule has 0 radical (unpaired) electrons. The van der Waals surface area contributed by atoms with Crippen molar-refractivity contribution in [2.75, 3.05) is 12.4 Å². The van der Waals surface area contributed by atoms with E-state index < -0.39 is 10.0 Å². The molecule has 0 saturated carbocycles. The largest absolute Gasteiger partial charge is 0.334 e. The molecule has 7 nitrogen and oxygen atoms in total. The number of amides is 2. The van der Waals surface area contributed by atoms with Crippen LogP contribution < -0.4 is 15.4 Å². The zero-order valence-electron chi connectivity index (χ0n) is 14.1. The first-order valence-electron chi connectivity index (χ1n) is 7.91. The molecule has 0 atom stereocenters. The smallest absolute Gasteiger partial charge is 0.319 e. The number of fused-ring (bicyclic) bond motifs is 1. The molecule has 0 aliphatic rings. The fourth-order valence-electron chi connectivity index (χ4n) is 2.46. The van der Waals surface area contributed by atoms with E-state index in [4.69, 9.17) is 0 Å². The lowest BCUT2D eigenvalue weighted by atomic mass is 10.2. The van der Waals surface area contributed by atoms with Gasteiger partial charge in [-0.2, -0.15) is 0 Å². The van der Waals surface area contributed by atoms with Gasteiger partial charge in [0.05, 0.1) is 16.1 Å². The van der Waals surface area contributed by atoms with Crippen LogP contribution in [0.1, 0.15) is 5.56 Å². The molecule has 0 saturated heterocycles. The lowest BCUT2D eigenvalue weighted by molar-refractivity contribution is 0.252. The molecule has 134 valence electrons. The average Bonchev–Trinajstić information content (AvgIpc) is 2.67. The van der Waals surface area contributed by atoms with E-state index in [1.54, 1.807) is 24.4 Å². The van der Waals surface area contributed by atoms with Crippen molar-refractivity contribution in [2.24, 2.45) is 0 Å². The Kier molecular flexibility index (Phi) is 5.15. The fraction of sp³-hybridized carbons (Fsp3) is 0.111. The quantitative estimate of drug-likeness (QED) is 0.642. The first kappa shape index (κ1) is 17.8. The molecular formula is C18H18N4O3S. The molecule has 26 heavy (non-hydrogen) atoms. The minimum atomic E-state index is -3.46. The van der Waals surface area contributed by atoms with Crippen LogP contribution in [0.25, 0.3) is 10.9 Å². The van der Waals surface area contributed by atoms with Crippen molar-refractivity contribution < 1.29 is 13.2 Å². The first-order valence-corrected chi connectivity index (χ1v) is 9.39. The van der Waals surface area contributed by atoms with Crippen LogP contribution in [0, 0.1) is 0 Å². The van der Waals surface area contributed by atoms with Crippen molar-refractivity contribution in [3.8, 4) is 0 Å². The van der Waals surface area contributed by atoms with Gasteiger partial charge in [0, 0.05) is 18.1 Å². The Labute approximate surface area is 151 Å². The molecular weight excluding hydrogens is 352 g/mol. The molecule has 2 amide bonds. The third-order valence-electron chi connectivity index (χ3n) is 3.84. The van der Waals surface area contributed by atoms with Crippen molar-refractivity contribution in [2.45, 2.75) is 11.4 Å². The summed E-state index contributed by atoms with van der Waals surface area (Å²) in [6, 6.07) is 15.3. The van der Waals surface area contributed by atoms with Crippen LogP contribution in [0.4, 0.5) is 10.5 Å². The van der Waals surface area contributed by atoms with Gasteiger partial charge in [0.2, 0.25) is 10.0 Å². The number of sulfonamides is 1. The predicted molar refractivity (Wildman–Crippen MR) is 100 cm³/mol. The summed E-state index contributed by atoms with van der Waals surface area (Å²) in [6.07, 6.45) is 1.67. The minimum absolute atomic E-state index is 0.176. The van der Waals surface area contributed by atoms with Gasteiger partial charge in [0.1, 0.15) is 0 Å². The lowest BCUT2D eigenvalue weighted by Crippen LogP contribution is -2.28. The van der Waals surface area contributed by atoms with Gasteiger partial charge in [0.15, 0.2) is 0 Å². The van der Waals surface area contributed by atoms with Crippen LogP contribution >= 0.6 is 0 Å². The maximum absolute atomic E-state index is 12.1. The Hall–Kier alpha value is -2.97. The molecule has 3 aromatic rings. The summed E-state index contributed by atoms with van der Waals surface area (Å²) < 4.78 is 25.6. The van der Waals surface area contributed by atoms with Gasteiger partial charge < -0.3 is 10.6 Å². The van der Waals surface area contributed by atoms with E-state index in [0.717, 1.165) is 10.9 Å². The maximum atomic E-state index is 12.1. The second-order valence-electron chi connectivity index (χ2n) is 5.54. The number of nitrogens with one attached hydrogen (secondary N) is 3. The number of aromatic nitrogens is 1. The SMILES string of the molecule is CNS(=O)(=O)c1ccc(CNC(=O)Nc2cccc3cccnc23)cc1. The second kappa shape index (κ2) is 7.51. The minimum Gasteiger partial charge on any atom is -0.334 e. The van der Waals surface area contributed by atoms with Crippen LogP contribution in [0.3, 0.4) is 0 Å². The number of rotatable bonds is 5. The molecule has 0 aliphatic carbocycles. The zero-order valence-corrected chi connectivity index (χ0v) is 14.9. The Morgan fingerprint density at radius 1 is 1.04 bits per heavy atom. The number of benzene rings is 2. The molecule has 0 unspecified atom stereocenters. The fourth-order valence-corrected chi connectivity index (χ4v) is 3.19. The van der Waals surface area contributed by atoms with Crippen LogP contribution in [-0.4, -0.2) is 26.5 Å². The number of carbonyl (C=O) groups excluding carboxylic acids is 1. The number of pyridine rings is 1. The molecule has 8 heteroatoms. The van der Waals surface area contributed by atoms with E-state index in [-0.39, 0.29) is 17.5 Å². The Balaban J connectivity index is 1.64. The van der Waals surface area contributed by atoms with Crippen LogP contribution in [0.2, 0.25) is 0 Å². The molecule has 0 fully saturated rings. The van der Waals surface area contributed by atoms with E-state index in [2.05, 4.69) is 20.3 Å². The Bertz CT molecular complexity index is 1030. The monoisotopic (exact) mass is 370 g/mol. The third kappa shape index (κ3) is 3.98. The normalized spacial score (nSPS) is 11.3. The lowest BCUT2D eigenvalue weighted by Gasteiger charge is -2.10. The zero-order chi connectivity index (χ0) is 18.6. The van der Waals surface area contributed by atoms with Gasteiger partial charge >= 0.3 is 6.03 Å². The number of carbonyl (C=O) groups is 1. The summed E-state index contributed by atoms with van der Waals surface area (Å²) in [4.78, 5) is 16.6. The van der Waals surface area contributed by atoms with Crippen LogP contribution in [0.15, 0.2) is 65.7 Å². The van der Waals surface area contributed by atoms with Crippen molar-refractivity contribution in [1.29, 1.82) is 0 Å². The van der Waals surface area contributed by atoms with E-state index in [1.165, 1.54) is 19.2 Å². The first-order chi connectivity index (χ1) is 12.5. The van der Waals surface area contributed by atoms with Crippen molar-refractivity contribution in [3.63, 3.8) is 0 Å². The average molecular weight is 370 g/mol. The number of nitrogens with zero attached hydrogens (tertiary/aromatic N) is 1. The standard InChI is InChI=1S/C18H18N4O3S/c1-19-26(24,25)15-9-7-13(8-10-15)12-21-18(23)22-16-6-2-4-14-5-3-11-20-17(14)16/h2-11,19H,12H2,1H3,(H2,21,22,23). The summed E-state index contributed by atoms with van der Waals surface area (Å²) in [7, 11) is -2.11. The molecule has 1 heterocycles. The third-order valence-corrected chi connectivity index (χ3v) is 5.27. The van der Waals surface area contributed by atoms with E-state index in [0.29, 0.717) is 11.2 Å². The summed E-state index contributed by atoms with van der Waals surface area (Å²) in [5.74, 6) is 0. The number of hydrogen-bond donors (Lipinski definition) is 3. The number of urea groups is 1. The van der Waals surface area contributed by atoms with Gasteiger partial charge in [-0.25, -0.2) is 17.9 Å². The second-order valence-corrected chi connectivity index (χ2v) is 7.43. The van der Waals surface area contributed by atoms with Crippen molar-refractivity contribution in [1.82, 2.24) is 15.0 Å². The summed E-state index contributed by atoms with van der Waals surface area (Å²) in [5.41, 5.74) is 2.12. The summed E-state index contributed by atoms with van der Waals surface area (Å²) in [6.45, 7) is 0.268. The summed E-state index contributed by atoms with van der Waals surface area (Å²) >= 11 is 0. The molecule has 0 aliphatic heterocycles. The molecule has 3 rings (SSSR count). The maximum Gasteiger partial charge on any atom is 0.319 e. The molecule has 3 N–H and O–H groups in total. The molecule has 0 spiro atoms. The molecule has 1 aromatic heterocycles. The highest BCUT2D eigenvalue weighted by Gasteiger charge is 2.11. The van der Waals surface area contributed by atoms with Gasteiger partial charge in [-0.1, -0.05) is 30.3 Å². The Morgan fingerprint density at radius 3 is 2.50 bits per heavy atom. The summed E-state index contributed by atoms with van der Waals surface area (Å²) in [5, 5.41) is 6.46. The van der Waals surface area contributed by atoms with Crippen LogP contribution in [-0.2, 0) is 16.6 Å². The topological polar surface area (TPSA) is 100 Å². The highest BCUT2D eigenvalue weighted by molar-refractivity contribution is 7.89. The van der Waals surface area contributed by atoms with E-state index >= 15 is 0 Å². The van der Waals surface area contributed by atoms with Crippen molar-refractivity contribution >= 4 is 32.6 Å². The highest BCUT2D eigenvalue weighted by atomic mass is 32.2. The van der Waals surface area contributed by atoms with E-state index in [9.17, 15) is 13.2 Å². The van der Waals surface area contributed by atoms with Gasteiger partial charge in [-0.3, -0.25) is 4.98 Å². The number of hydrogen-bond acceptors (Lipinski definition) is 4. The number of anilines is 1. The Morgan fingerprint density at radius 2 is 1.77 bits per heavy atom. The van der Waals surface area contributed by atoms with Crippen molar-refractivity contribution in [3.05, 3.63) is 66.4 Å². The highest BCUT2D eigenvalue weighted by Crippen LogP contribution is 2.20. The predicted octanol–water partition coefficient (Wildman–Crippen LogP) is 2.46. The van der Waals surface area contributed by atoms with Gasteiger partial charge in [-0.15, -0.1) is 0 Å². The van der Waals surface area contributed by atoms with Crippen LogP contribution in [0.5, 0.6) is 0 Å².